The number of hydrogen-bond acceptors (Lipinski definition) is 2. The molecule has 1 aromatic heterocycles. The van der Waals surface area contributed by atoms with Gasteiger partial charge in [0.2, 0.25) is 0 Å². The summed E-state index contributed by atoms with van der Waals surface area (Å²) in [6, 6.07) is 0. The van der Waals surface area contributed by atoms with E-state index >= 15 is 0 Å². The van der Waals surface area contributed by atoms with E-state index in [0.717, 1.165) is 12.2 Å². The average molecular weight is 137 g/mol. The molecule has 0 aromatic carbocycles. The summed E-state index contributed by atoms with van der Waals surface area (Å²) in [5.41, 5.74) is 5.25. The normalized spacial score (nSPS) is 10.9. The molecule has 0 fully saturated rings. The molecule has 0 atom stereocenters. The van der Waals surface area contributed by atoms with Gasteiger partial charge in [0.25, 0.3) is 0 Å². The highest BCUT2D eigenvalue weighted by atomic mass is 14.9. The van der Waals surface area contributed by atoms with Gasteiger partial charge in [-0.3, -0.25) is 0 Å². The van der Waals surface area contributed by atoms with Crippen LogP contribution in [0, 0.1) is 0 Å². The minimum atomic E-state index is 0.598. The lowest BCUT2D eigenvalue weighted by Gasteiger charge is -1.85. The van der Waals surface area contributed by atoms with Crippen LogP contribution in [0.15, 0.2) is 24.5 Å². The molecule has 1 aromatic rings. The Morgan fingerprint density at radius 3 is 3.10 bits per heavy atom. The lowest BCUT2D eigenvalue weighted by molar-refractivity contribution is 1.05. The Morgan fingerprint density at radius 2 is 2.50 bits per heavy atom. The van der Waals surface area contributed by atoms with Crippen molar-refractivity contribution in [1.29, 1.82) is 0 Å². The van der Waals surface area contributed by atoms with Gasteiger partial charge in [0.15, 0.2) is 0 Å². The molecule has 0 unspecified atom stereocenters. The molecule has 0 radical (unpaired) electrons. The van der Waals surface area contributed by atoms with Crippen molar-refractivity contribution in [3.63, 3.8) is 0 Å². The Balaban J connectivity index is 2.34. The van der Waals surface area contributed by atoms with E-state index in [-0.39, 0.29) is 0 Å². The maximum atomic E-state index is 5.25. The standard InChI is InChI=1S/C7H11N3/c8-4-2-1-3-7-9-5-6-10-7/h1-2,5-6H,3-4,8H2,(H,9,10)/b2-1-. The van der Waals surface area contributed by atoms with Crippen LogP contribution in [0.4, 0.5) is 0 Å². The van der Waals surface area contributed by atoms with Gasteiger partial charge in [-0.2, -0.15) is 0 Å². The summed E-state index contributed by atoms with van der Waals surface area (Å²) in [6.45, 7) is 0.598. The highest BCUT2D eigenvalue weighted by Gasteiger charge is 1.86. The van der Waals surface area contributed by atoms with Crippen LogP contribution >= 0.6 is 0 Å². The van der Waals surface area contributed by atoms with Gasteiger partial charge in [0.05, 0.1) is 0 Å². The van der Waals surface area contributed by atoms with E-state index in [2.05, 4.69) is 9.97 Å². The zero-order chi connectivity index (χ0) is 7.23. The first-order chi connectivity index (χ1) is 4.93. The molecular weight excluding hydrogens is 126 g/mol. The number of nitrogens with two attached hydrogens (primary N) is 1. The fraction of sp³-hybridized carbons (Fsp3) is 0.286. The molecule has 54 valence electrons. The number of nitrogens with zero attached hydrogens (tertiary/aromatic N) is 1. The Morgan fingerprint density at radius 1 is 1.60 bits per heavy atom. The van der Waals surface area contributed by atoms with E-state index < -0.39 is 0 Å². The Labute approximate surface area is 60.0 Å². The van der Waals surface area contributed by atoms with Gasteiger partial charge >= 0.3 is 0 Å². The molecule has 1 heterocycles. The summed E-state index contributed by atoms with van der Waals surface area (Å²) in [5.74, 6) is 0.977. The zero-order valence-electron chi connectivity index (χ0n) is 5.75. The number of aromatic amines is 1. The van der Waals surface area contributed by atoms with E-state index in [1.165, 1.54) is 0 Å². The number of hydrogen-bond donors (Lipinski definition) is 2. The number of imidazole rings is 1. The molecule has 3 nitrogen and oxygen atoms in total. The summed E-state index contributed by atoms with van der Waals surface area (Å²) in [4.78, 5) is 7.03. The van der Waals surface area contributed by atoms with E-state index in [1.807, 2.05) is 18.3 Å². The van der Waals surface area contributed by atoms with E-state index in [4.69, 9.17) is 5.73 Å². The van der Waals surface area contributed by atoms with Crippen LogP contribution < -0.4 is 5.73 Å². The fourth-order valence-corrected chi connectivity index (χ4v) is 0.701. The molecule has 0 aliphatic rings. The van der Waals surface area contributed by atoms with Gasteiger partial charge in [0.1, 0.15) is 5.82 Å². The highest BCUT2D eigenvalue weighted by Crippen LogP contribution is 1.89. The molecular formula is C7H11N3. The average Bonchev–Trinajstić information content (AvgIpc) is 2.41. The Bertz CT molecular complexity index is 189. The second kappa shape index (κ2) is 3.85. The van der Waals surface area contributed by atoms with E-state index in [1.54, 1.807) is 6.20 Å². The molecule has 0 aliphatic heterocycles. The molecule has 0 aliphatic carbocycles. The summed E-state index contributed by atoms with van der Waals surface area (Å²) in [5, 5.41) is 0. The van der Waals surface area contributed by atoms with E-state index in [0.29, 0.717) is 6.54 Å². The zero-order valence-corrected chi connectivity index (χ0v) is 5.75. The third-order valence-electron chi connectivity index (χ3n) is 1.17. The number of aromatic nitrogens is 2. The van der Waals surface area contributed by atoms with Gasteiger partial charge < -0.3 is 10.7 Å². The van der Waals surface area contributed by atoms with Gasteiger partial charge in [-0.1, -0.05) is 12.2 Å². The first kappa shape index (κ1) is 7.02. The van der Waals surface area contributed by atoms with Crippen molar-refractivity contribution in [1.82, 2.24) is 9.97 Å². The van der Waals surface area contributed by atoms with Crippen LogP contribution in [0.1, 0.15) is 5.82 Å². The number of rotatable bonds is 3. The molecule has 10 heavy (non-hydrogen) atoms. The van der Waals surface area contributed by atoms with Crippen molar-refractivity contribution in [2.45, 2.75) is 6.42 Å². The molecule has 3 N–H and O–H groups in total. The largest absolute Gasteiger partial charge is 0.348 e. The summed E-state index contributed by atoms with van der Waals surface area (Å²) in [6.07, 6.45) is 8.31. The van der Waals surface area contributed by atoms with Gasteiger partial charge in [-0.25, -0.2) is 4.98 Å². The topological polar surface area (TPSA) is 54.7 Å². The van der Waals surface area contributed by atoms with Crippen LogP contribution in [0.3, 0.4) is 0 Å². The van der Waals surface area contributed by atoms with Crippen molar-refractivity contribution in [2.24, 2.45) is 5.73 Å². The van der Waals surface area contributed by atoms with Crippen molar-refractivity contribution in [3.05, 3.63) is 30.4 Å². The predicted molar refractivity (Wildman–Crippen MR) is 40.5 cm³/mol. The van der Waals surface area contributed by atoms with Crippen LogP contribution in [0.2, 0.25) is 0 Å². The van der Waals surface area contributed by atoms with Crippen molar-refractivity contribution in [2.75, 3.05) is 6.54 Å². The maximum absolute atomic E-state index is 5.25. The monoisotopic (exact) mass is 137 g/mol. The third kappa shape index (κ3) is 2.03. The van der Waals surface area contributed by atoms with Crippen LogP contribution in [0.5, 0.6) is 0 Å². The number of H-pyrrole nitrogens is 1. The van der Waals surface area contributed by atoms with Crippen molar-refractivity contribution < 1.29 is 0 Å². The second-order valence-electron chi connectivity index (χ2n) is 1.95. The molecule has 0 spiro atoms. The first-order valence-electron chi connectivity index (χ1n) is 3.27. The molecule has 0 bridgehead atoms. The highest BCUT2D eigenvalue weighted by molar-refractivity contribution is 4.96. The lowest BCUT2D eigenvalue weighted by atomic mass is 10.3. The van der Waals surface area contributed by atoms with Crippen molar-refractivity contribution in [3.8, 4) is 0 Å². The predicted octanol–water partition coefficient (Wildman–Crippen LogP) is 0.467. The summed E-state index contributed by atoms with van der Waals surface area (Å²) in [7, 11) is 0. The fourth-order valence-electron chi connectivity index (χ4n) is 0.701. The Hall–Kier alpha value is -1.09. The number of allylic oxidation sites excluding steroid dienone is 1. The minimum Gasteiger partial charge on any atom is -0.348 e. The lowest BCUT2D eigenvalue weighted by Crippen LogP contribution is -1.93. The molecule has 0 amide bonds. The van der Waals surface area contributed by atoms with Crippen molar-refractivity contribution >= 4 is 0 Å². The van der Waals surface area contributed by atoms with Gasteiger partial charge in [-0.15, -0.1) is 0 Å². The number of nitrogens with one attached hydrogen (secondary N) is 1. The molecule has 3 heteroatoms. The first-order valence-corrected chi connectivity index (χ1v) is 3.27. The second-order valence-corrected chi connectivity index (χ2v) is 1.95. The molecule has 0 saturated heterocycles. The van der Waals surface area contributed by atoms with Gasteiger partial charge in [-0.05, 0) is 0 Å². The quantitative estimate of drug-likeness (QED) is 0.595. The molecule has 0 saturated carbocycles. The van der Waals surface area contributed by atoms with Crippen LogP contribution in [-0.2, 0) is 6.42 Å². The van der Waals surface area contributed by atoms with Crippen LogP contribution in [0.25, 0.3) is 0 Å². The summed E-state index contributed by atoms with van der Waals surface area (Å²) < 4.78 is 0. The Kier molecular flexibility index (Phi) is 2.70. The van der Waals surface area contributed by atoms with Gasteiger partial charge in [0, 0.05) is 25.4 Å². The maximum Gasteiger partial charge on any atom is 0.109 e. The third-order valence-corrected chi connectivity index (χ3v) is 1.17. The molecule has 1 rings (SSSR count). The minimum absolute atomic E-state index is 0.598. The van der Waals surface area contributed by atoms with E-state index in [9.17, 15) is 0 Å². The smallest absolute Gasteiger partial charge is 0.109 e. The SMILES string of the molecule is NC/C=C\Cc1ncc[nH]1. The van der Waals surface area contributed by atoms with Crippen LogP contribution in [-0.4, -0.2) is 16.5 Å². The summed E-state index contributed by atoms with van der Waals surface area (Å²) >= 11 is 0.